The number of hydrogen-bond acceptors (Lipinski definition) is 6. The molecule has 6 unspecified atom stereocenters. The molecule has 210 valence electrons. The first-order valence-corrected chi connectivity index (χ1v) is 14.6. The van der Waals surface area contributed by atoms with Gasteiger partial charge in [-0.3, -0.25) is 0 Å². The van der Waals surface area contributed by atoms with Crippen LogP contribution in [0.4, 0.5) is 0 Å². The summed E-state index contributed by atoms with van der Waals surface area (Å²) in [7, 11) is 0. The maximum Gasteiger partial charge on any atom is 0.164 e. The number of unbranched alkanes of at least 4 members (excludes halogenated alkanes) is 1. The van der Waals surface area contributed by atoms with Crippen molar-refractivity contribution in [3.63, 3.8) is 0 Å². The first kappa shape index (κ1) is 28.8. The molecule has 0 radical (unpaired) electrons. The van der Waals surface area contributed by atoms with E-state index in [1.807, 2.05) is 27.7 Å². The monoisotopic (exact) mass is 510 g/mol. The van der Waals surface area contributed by atoms with E-state index in [9.17, 15) is 0 Å². The van der Waals surface area contributed by atoms with Gasteiger partial charge in [0.25, 0.3) is 0 Å². The summed E-state index contributed by atoms with van der Waals surface area (Å²) in [6, 6.07) is 0. The molecule has 36 heavy (non-hydrogen) atoms. The highest BCUT2D eigenvalue weighted by Gasteiger charge is 2.50. The van der Waals surface area contributed by atoms with E-state index < -0.39 is 11.6 Å². The first-order valence-electron chi connectivity index (χ1n) is 14.6. The van der Waals surface area contributed by atoms with E-state index in [0.717, 1.165) is 43.8 Å². The molecule has 6 heteroatoms. The molecule has 4 aliphatic rings. The van der Waals surface area contributed by atoms with Crippen molar-refractivity contribution in [2.45, 2.75) is 130 Å². The van der Waals surface area contributed by atoms with Gasteiger partial charge < -0.3 is 28.4 Å². The van der Waals surface area contributed by atoms with E-state index in [-0.39, 0.29) is 18.3 Å². The molecule has 2 saturated heterocycles. The molecule has 0 aromatic heterocycles. The zero-order valence-corrected chi connectivity index (χ0v) is 24.4. The Kier molecular flexibility index (Phi) is 8.86. The van der Waals surface area contributed by atoms with Gasteiger partial charge in [-0.2, -0.15) is 0 Å². The van der Waals surface area contributed by atoms with Crippen LogP contribution in [0, 0.1) is 28.6 Å². The van der Waals surface area contributed by atoms with Crippen molar-refractivity contribution in [2.75, 3.05) is 33.0 Å². The third-order valence-electron chi connectivity index (χ3n) is 8.88. The fourth-order valence-electron chi connectivity index (χ4n) is 7.37. The Balaban J connectivity index is 1.12. The molecular weight excluding hydrogens is 456 g/mol. The summed E-state index contributed by atoms with van der Waals surface area (Å²) < 4.78 is 36.3. The van der Waals surface area contributed by atoms with E-state index in [4.69, 9.17) is 28.4 Å². The molecule has 4 rings (SSSR count). The Labute approximate surface area is 220 Å². The van der Waals surface area contributed by atoms with Gasteiger partial charge in [0.2, 0.25) is 0 Å². The predicted octanol–water partition coefficient (Wildman–Crippen LogP) is 6.35. The Morgan fingerprint density at radius 3 is 2.03 bits per heavy atom. The molecule has 0 aromatic carbocycles. The summed E-state index contributed by atoms with van der Waals surface area (Å²) in [6.45, 7) is 21.0. The Hall–Kier alpha value is -0.240. The molecule has 6 atom stereocenters. The Morgan fingerprint density at radius 2 is 1.42 bits per heavy atom. The lowest BCUT2D eigenvalue weighted by molar-refractivity contribution is -0.175. The third kappa shape index (κ3) is 7.66. The molecule has 6 nitrogen and oxygen atoms in total. The normalized spacial score (nSPS) is 38.7. The SMILES string of the molecule is CC1(C)CCC(C2CC(C)(C)CC2COCCCCOCC2OC(C)(C)OC2C2COC(C)(C)O2)C1. The van der Waals surface area contributed by atoms with E-state index in [1.54, 1.807) is 0 Å². The Morgan fingerprint density at radius 1 is 0.722 bits per heavy atom. The summed E-state index contributed by atoms with van der Waals surface area (Å²) in [6.07, 6.45) is 8.43. The van der Waals surface area contributed by atoms with Crippen molar-refractivity contribution < 1.29 is 28.4 Å². The van der Waals surface area contributed by atoms with Gasteiger partial charge in [-0.1, -0.05) is 27.7 Å². The van der Waals surface area contributed by atoms with Gasteiger partial charge in [-0.15, -0.1) is 0 Å². The van der Waals surface area contributed by atoms with Gasteiger partial charge in [-0.05, 0) is 101 Å². The smallest absolute Gasteiger partial charge is 0.164 e. The van der Waals surface area contributed by atoms with Gasteiger partial charge >= 0.3 is 0 Å². The predicted molar refractivity (Wildman–Crippen MR) is 141 cm³/mol. The summed E-state index contributed by atoms with van der Waals surface area (Å²) >= 11 is 0. The second kappa shape index (κ2) is 11.1. The van der Waals surface area contributed by atoms with E-state index in [1.165, 1.54) is 32.1 Å². The van der Waals surface area contributed by atoms with E-state index in [2.05, 4.69) is 27.7 Å². The lowest BCUT2D eigenvalue weighted by Gasteiger charge is -2.27. The average Bonchev–Trinajstić information content (AvgIpc) is 3.47. The van der Waals surface area contributed by atoms with Gasteiger partial charge in [-0.25, -0.2) is 0 Å². The fraction of sp³-hybridized carbons (Fsp3) is 1.00. The van der Waals surface area contributed by atoms with Crippen LogP contribution in [0.2, 0.25) is 0 Å². The van der Waals surface area contributed by atoms with Gasteiger partial charge in [0.1, 0.15) is 18.3 Å². The van der Waals surface area contributed by atoms with Crippen molar-refractivity contribution in [1.29, 1.82) is 0 Å². The lowest BCUT2D eigenvalue weighted by Crippen LogP contribution is -2.40. The van der Waals surface area contributed by atoms with Crippen LogP contribution >= 0.6 is 0 Å². The highest BCUT2D eigenvalue weighted by atomic mass is 16.8. The number of ether oxygens (including phenoxy) is 6. The summed E-state index contributed by atoms with van der Waals surface area (Å²) in [5.74, 6) is 1.25. The molecule has 0 aromatic rings. The van der Waals surface area contributed by atoms with Gasteiger partial charge in [0, 0.05) is 19.8 Å². The number of hydrogen-bond donors (Lipinski definition) is 0. The van der Waals surface area contributed by atoms with Crippen molar-refractivity contribution in [3.8, 4) is 0 Å². The highest BCUT2D eigenvalue weighted by molar-refractivity contribution is 4.96. The van der Waals surface area contributed by atoms with Crippen molar-refractivity contribution >= 4 is 0 Å². The number of rotatable bonds is 11. The third-order valence-corrected chi connectivity index (χ3v) is 8.88. The van der Waals surface area contributed by atoms with Crippen LogP contribution in [0.5, 0.6) is 0 Å². The Bertz CT molecular complexity index is 656. The zero-order valence-electron chi connectivity index (χ0n) is 24.4. The molecule has 0 bridgehead atoms. The largest absolute Gasteiger partial charge is 0.381 e. The van der Waals surface area contributed by atoms with E-state index >= 15 is 0 Å². The maximum atomic E-state index is 6.23. The average molecular weight is 511 g/mol. The molecular formula is C30H54O6. The zero-order chi connectivity index (χ0) is 26.2. The van der Waals surface area contributed by atoms with E-state index in [0.29, 0.717) is 30.7 Å². The van der Waals surface area contributed by atoms with Gasteiger partial charge in [0.15, 0.2) is 11.6 Å². The molecule has 2 aliphatic heterocycles. The van der Waals surface area contributed by atoms with Crippen LogP contribution in [-0.4, -0.2) is 62.9 Å². The molecule has 2 heterocycles. The van der Waals surface area contributed by atoms with Crippen molar-refractivity contribution in [2.24, 2.45) is 28.6 Å². The highest BCUT2D eigenvalue weighted by Crippen LogP contribution is 2.54. The molecule has 4 fully saturated rings. The second-order valence-electron chi connectivity index (χ2n) is 14.5. The molecule has 0 spiro atoms. The maximum absolute atomic E-state index is 6.23. The molecule has 0 N–H and O–H groups in total. The summed E-state index contributed by atoms with van der Waals surface area (Å²) in [5.41, 5.74) is 0.992. The second-order valence-corrected chi connectivity index (χ2v) is 14.5. The molecule has 0 amide bonds. The first-order chi connectivity index (χ1) is 16.7. The summed E-state index contributed by atoms with van der Waals surface area (Å²) in [4.78, 5) is 0. The van der Waals surface area contributed by atoms with Crippen LogP contribution in [0.15, 0.2) is 0 Å². The van der Waals surface area contributed by atoms with Crippen LogP contribution < -0.4 is 0 Å². The minimum Gasteiger partial charge on any atom is -0.381 e. The van der Waals surface area contributed by atoms with Crippen LogP contribution in [0.3, 0.4) is 0 Å². The molecule has 2 aliphatic carbocycles. The minimum atomic E-state index is -0.635. The van der Waals surface area contributed by atoms with Crippen LogP contribution in [-0.2, 0) is 28.4 Å². The fourth-order valence-corrected chi connectivity index (χ4v) is 7.37. The minimum absolute atomic E-state index is 0.136. The quantitative estimate of drug-likeness (QED) is 0.302. The lowest BCUT2D eigenvalue weighted by atomic mass is 9.80. The van der Waals surface area contributed by atoms with Crippen molar-refractivity contribution in [3.05, 3.63) is 0 Å². The standard InChI is InChI=1S/C30H54O6/c1-27(2)12-11-21(15-27)23-17-28(3,4)16-22(23)18-31-13-9-10-14-32-19-24-26(36-30(7,8)35-24)25-20-33-29(5,6)34-25/h21-26H,9-20H2,1-8H3. The van der Waals surface area contributed by atoms with Crippen LogP contribution in [0.25, 0.3) is 0 Å². The van der Waals surface area contributed by atoms with Gasteiger partial charge in [0.05, 0.1) is 13.2 Å². The summed E-state index contributed by atoms with van der Waals surface area (Å²) in [5, 5.41) is 0. The molecule has 2 saturated carbocycles. The van der Waals surface area contributed by atoms with Crippen LogP contribution in [0.1, 0.15) is 100 Å². The van der Waals surface area contributed by atoms with Crippen molar-refractivity contribution in [1.82, 2.24) is 0 Å². The topological polar surface area (TPSA) is 55.4 Å².